The van der Waals surface area contributed by atoms with Crippen LogP contribution >= 0.6 is 11.6 Å². The van der Waals surface area contributed by atoms with Crippen LogP contribution in [0.1, 0.15) is 33.3 Å². The molecule has 0 aliphatic heterocycles. The number of carbonyl (C=O) groups excluding carboxylic acids is 2. The van der Waals surface area contributed by atoms with Crippen LogP contribution in [0.2, 0.25) is 5.02 Å². The van der Waals surface area contributed by atoms with Gasteiger partial charge in [-0.25, -0.2) is 4.39 Å². The lowest BCUT2D eigenvalue weighted by Crippen LogP contribution is -2.18. The summed E-state index contributed by atoms with van der Waals surface area (Å²) in [7, 11) is 0. The Morgan fingerprint density at radius 2 is 1.81 bits per heavy atom. The van der Waals surface area contributed by atoms with Gasteiger partial charge in [-0.15, -0.1) is 10.2 Å². The number of halogens is 5. The first-order valence-electron chi connectivity index (χ1n) is 8.55. The van der Waals surface area contributed by atoms with E-state index in [1.165, 1.54) is 31.2 Å². The van der Waals surface area contributed by atoms with Crippen LogP contribution in [0.3, 0.4) is 0 Å². The first-order chi connectivity index (χ1) is 14.5. The van der Waals surface area contributed by atoms with E-state index in [2.05, 4.69) is 15.5 Å². The van der Waals surface area contributed by atoms with E-state index in [9.17, 15) is 27.2 Å². The van der Waals surface area contributed by atoms with E-state index in [0.29, 0.717) is 6.07 Å². The fraction of sp³-hybridized carbons (Fsp3) is 0.100. The van der Waals surface area contributed by atoms with Crippen molar-refractivity contribution in [3.8, 4) is 11.6 Å². The molecule has 0 aliphatic rings. The Morgan fingerprint density at radius 1 is 1.06 bits per heavy atom. The number of hydrogen-bond donors (Lipinski definition) is 1. The molecular weight excluding hydrogens is 442 g/mol. The van der Waals surface area contributed by atoms with Crippen molar-refractivity contribution in [1.29, 1.82) is 0 Å². The van der Waals surface area contributed by atoms with Gasteiger partial charge in [0, 0.05) is 11.3 Å². The summed E-state index contributed by atoms with van der Waals surface area (Å²) in [6.45, 7) is 1.32. The standard InChI is InChI=1S/C20H12ClF4N3O3/c1-10(29)11-3-2-4-13(7-11)26-18(30)14-9-17(20(23,24)25)27-28-19(14)31-16-6-5-12(22)8-15(16)21/h2-9H,1H3,(H,26,30). The molecule has 1 heterocycles. The summed E-state index contributed by atoms with van der Waals surface area (Å²) >= 11 is 5.87. The van der Waals surface area contributed by atoms with Crippen LogP contribution in [-0.2, 0) is 6.18 Å². The zero-order valence-electron chi connectivity index (χ0n) is 15.6. The van der Waals surface area contributed by atoms with Crippen LogP contribution < -0.4 is 10.1 Å². The van der Waals surface area contributed by atoms with Gasteiger partial charge in [-0.3, -0.25) is 9.59 Å². The number of ether oxygens (including phenoxy) is 1. The number of alkyl halides is 3. The maximum Gasteiger partial charge on any atom is 0.435 e. The van der Waals surface area contributed by atoms with E-state index in [4.69, 9.17) is 16.3 Å². The normalized spacial score (nSPS) is 11.2. The summed E-state index contributed by atoms with van der Waals surface area (Å²) in [6.07, 6.45) is -4.87. The van der Waals surface area contributed by atoms with E-state index in [1.807, 2.05) is 0 Å². The molecule has 11 heteroatoms. The van der Waals surface area contributed by atoms with Crippen molar-refractivity contribution in [2.24, 2.45) is 0 Å². The summed E-state index contributed by atoms with van der Waals surface area (Å²) in [5, 5.41) is 8.58. The maximum atomic E-state index is 13.2. The predicted octanol–water partition coefficient (Wildman–Crippen LogP) is 5.54. The molecule has 0 saturated carbocycles. The Bertz CT molecular complexity index is 1170. The number of rotatable bonds is 5. The Kier molecular flexibility index (Phi) is 6.21. The molecule has 0 bridgehead atoms. The molecule has 2 aromatic carbocycles. The Labute approximate surface area is 177 Å². The minimum absolute atomic E-state index is 0.148. The molecule has 1 amide bonds. The lowest BCUT2D eigenvalue weighted by molar-refractivity contribution is -0.141. The highest BCUT2D eigenvalue weighted by molar-refractivity contribution is 6.32. The summed E-state index contributed by atoms with van der Waals surface area (Å²) in [5.74, 6) is -2.67. The number of Topliss-reactive ketones (excluding diaryl/α,β-unsaturated/α-hetero) is 1. The minimum Gasteiger partial charge on any atom is -0.435 e. The van der Waals surface area contributed by atoms with Gasteiger partial charge in [0.25, 0.3) is 11.8 Å². The van der Waals surface area contributed by atoms with E-state index < -0.39 is 35.0 Å². The largest absolute Gasteiger partial charge is 0.435 e. The molecule has 1 N–H and O–H groups in total. The van der Waals surface area contributed by atoms with Crippen molar-refractivity contribution in [2.75, 3.05) is 5.32 Å². The van der Waals surface area contributed by atoms with Crippen LogP contribution in [0, 0.1) is 5.82 Å². The molecule has 0 aliphatic carbocycles. The molecule has 0 radical (unpaired) electrons. The third-order valence-corrected chi connectivity index (χ3v) is 4.22. The van der Waals surface area contributed by atoms with Gasteiger partial charge in [0.15, 0.2) is 11.5 Å². The molecule has 31 heavy (non-hydrogen) atoms. The van der Waals surface area contributed by atoms with Crippen LogP contribution in [0.5, 0.6) is 11.6 Å². The minimum atomic E-state index is -4.87. The second kappa shape index (κ2) is 8.68. The number of benzene rings is 2. The fourth-order valence-corrected chi connectivity index (χ4v) is 2.64. The monoisotopic (exact) mass is 453 g/mol. The van der Waals surface area contributed by atoms with Gasteiger partial charge in [0.2, 0.25) is 0 Å². The number of nitrogens with zero attached hydrogens (tertiary/aromatic N) is 2. The van der Waals surface area contributed by atoms with Crippen LogP contribution in [-0.4, -0.2) is 21.9 Å². The molecule has 3 rings (SSSR count). The van der Waals surface area contributed by atoms with Crippen LogP contribution in [0.15, 0.2) is 48.5 Å². The first kappa shape index (κ1) is 22.2. The lowest BCUT2D eigenvalue weighted by Gasteiger charge is -2.13. The molecular formula is C20H12ClF4N3O3. The van der Waals surface area contributed by atoms with Gasteiger partial charge in [0.1, 0.15) is 17.1 Å². The van der Waals surface area contributed by atoms with Crippen molar-refractivity contribution in [2.45, 2.75) is 13.1 Å². The van der Waals surface area contributed by atoms with E-state index in [1.54, 1.807) is 0 Å². The zero-order chi connectivity index (χ0) is 22.8. The van der Waals surface area contributed by atoms with Crippen molar-refractivity contribution in [3.05, 3.63) is 76.2 Å². The van der Waals surface area contributed by atoms with Crippen molar-refractivity contribution >= 4 is 29.0 Å². The molecule has 6 nitrogen and oxygen atoms in total. The van der Waals surface area contributed by atoms with Gasteiger partial charge in [-0.2, -0.15) is 13.2 Å². The number of nitrogens with one attached hydrogen (secondary N) is 1. The smallest absolute Gasteiger partial charge is 0.435 e. The Balaban J connectivity index is 2.00. The quantitative estimate of drug-likeness (QED) is 0.405. The average Bonchev–Trinajstić information content (AvgIpc) is 2.69. The molecule has 3 aromatic rings. The summed E-state index contributed by atoms with van der Waals surface area (Å²) < 4.78 is 57.8. The third-order valence-electron chi connectivity index (χ3n) is 3.92. The number of aromatic nitrogens is 2. The van der Waals surface area contributed by atoms with Gasteiger partial charge in [-0.1, -0.05) is 23.7 Å². The van der Waals surface area contributed by atoms with E-state index in [0.717, 1.165) is 18.2 Å². The van der Waals surface area contributed by atoms with Crippen molar-refractivity contribution in [1.82, 2.24) is 10.2 Å². The molecule has 0 saturated heterocycles. The summed E-state index contributed by atoms with van der Waals surface area (Å²) in [6, 6.07) is 9.32. The molecule has 0 atom stereocenters. The molecule has 0 unspecified atom stereocenters. The molecule has 160 valence electrons. The highest BCUT2D eigenvalue weighted by Crippen LogP contribution is 2.33. The van der Waals surface area contributed by atoms with E-state index >= 15 is 0 Å². The highest BCUT2D eigenvalue weighted by atomic mass is 35.5. The third kappa shape index (κ3) is 5.34. The van der Waals surface area contributed by atoms with Crippen LogP contribution in [0.25, 0.3) is 0 Å². The first-order valence-corrected chi connectivity index (χ1v) is 8.92. The summed E-state index contributed by atoms with van der Waals surface area (Å²) in [5.41, 5.74) is -1.58. The maximum absolute atomic E-state index is 13.2. The topological polar surface area (TPSA) is 81.2 Å². The Hall–Kier alpha value is -3.53. The highest BCUT2D eigenvalue weighted by Gasteiger charge is 2.35. The van der Waals surface area contributed by atoms with Crippen molar-refractivity contribution in [3.63, 3.8) is 0 Å². The van der Waals surface area contributed by atoms with Gasteiger partial charge < -0.3 is 10.1 Å². The number of anilines is 1. The SMILES string of the molecule is CC(=O)c1cccc(NC(=O)c2cc(C(F)(F)F)nnc2Oc2ccc(F)cc2Cl)c1. The number of ketones is 1. The summed E-state index contributed by atoms with van der Waals surface area (Å²) in [4.78, 5) is 24.2. The van der Waals surface area contributed by atoms with Gasteiger partial charge in [-0.05, 0) is 43.3 Å². The van der Waals surface area contributed by atoms with Crippen LogP contribution in [0.4, 0.5) is 23.2 Å². The number of carbonyl (C=O) groups is 2. The second-order valence-electron chi connectivity index (χ2n) is 6.21. The Morgan fingerprint density at radius 3 is 2.45 bits per heavy atom. The predicted molar refractivity (Wildman–Crippen MR) is 103 cm³/mol. The van der Waals surface area contributed by atoms with Gasteiger partial charge in [0.05, 0.1) is 5.02 Å². The average molecular weight is 454 g/mol. The number of amides is 1. The van der Waals surface area contributed by atoms with E-state index in [-0.39, 0.29) is 27.8 Å². The molecule has 1 aromatic heterocycles. The van der Waals surface area contributed by atoms with Gasteiger partial charge >= 0.3 is 6.18 Å². The molecule has 0 fully saturated rings. The zero-order valence-corrected chi connectivity index (χ0v) is 16.4. The number of hydrogen-bond acceptors (Lipinski definition) is 5. The lowest BCUT2D eigenvalue weighted by atomic mass is 10.1. The fourth-order valence-electron chi connectivity index (χ4n) is 2.43. The molecule has 0 spiro atoms. The second-order valence-corrected chi connectivity index (χ2v) is 6.62. The van der Waals surface area contributed by atoms with Crippen molar-refractivity contribution < 1.29 is 31.9 Å².